The van der Waals surface area contributed by atoms with Crippen molar-refractivity contribution < 1.29 is 14.3 Å². The van der Waals surface area contributed by atoms with Gasteiger partial charge in [0.1, 0.15) is 6.61 Å². The minimum absolute atomic E-state index is 0.0311. The monoisotopic (exact) mass is 628 g/mol. The van der Waals surface area contributed by atoms with Crippen LogP contribution in [0.1, 0.15) is 52.1 Å². The third-order valence-corrected chi connectivity index (χ3v) is 9.09. The summed E-state index contributed by atoms with van der Waals surface area (Å²) in [4.78, 5) is 25.4. The number of hydrogen-bond donors (Lipinski definition) is 2. The molecule has 0 saturated heterocycles. The van der Waals surface area contributed by atoms with Gasteiger partial charge in [0.2, 0.25) is 0 Å². The van der Waals surface area contributed by atoms with Crippen LogP contribution in [-0.2, 0) is 15.1 Å². The van der Waals surface area contributed by atoms with Crippen molar-refractivity contribution in [2.75, 3.05) is 19.7 Å². The molecule has 232 valence electrons. The van der Waals surface area contributed by atoms with E-state index in [1.807, 2.05) is 66.7 Å². The SMILES string of the molecule is Cc1ccc(C(NCCCC(=O)CNC(=O)OCC2c3ccccc3-c3ccccc32)(c2ccccc2)c2ccccc2Cl)cc1. The molecule has 0 heterocycles. The summed E-state index contributed by atoms with van der Waals surface area (Å²) in [6, 6.07) is 43.0. The Morgan fingerprint density at radius 1 is 0.739 bits per heavy atom. The molecule has 5 nitrogen and oxygen atoms in total. The second-order valence-electron chi connectivity index (χ2n) is 11.7. The van der Waals surface area contributed by atoms with Crippen LogP contribution in [0.2, 0.25) is 5.02 Å². The Bertz CT molecular complexity index is 1780. The first-order chi connectivity index (χ1) is 22.5. The summed E-state index contributed by atoms with van der Waals surface area (Å²) in [5, 5.41) is 7.09. The molecule has 0 spiro atoms. The molecule has 5 aromatic carbocycles. The van der Waals surface area contributed by atoms with Crippen molar-refractivity contribution in [2.45, 2.75) is 31.2 Å². The highest BCUT2D eigenvalue weighted by Gasteiger charge is 2.37. The van der Waals surface area contributed by atoms with Crippen LogP contribution in [0.15, 0.2) is 127 Å². The van der Waals surface area contributed by atoms with E-state index in [2.05, 4.69) is 78.2 Å². The summed E-state index contributed by atoms with van der Waals surface area (Å²) in [6.45, 7) is 2.74. The molecule has 0 aliphatic heterocycles. The number of benzene rings is 5. The minimum atomic E-state index is -0.726. The molecule has 6 heteroatoms. The van der Waals surface area contributed by atoms with Crippen LogP contribution in [0.3, 0.4) is 0 Å². The standard InChI is InChI=1S/C40H37ClN2O3/c1-28-21-23-30(24-22-28)40(29-12-3-2-4-13-29,37-19-9-10-20-38(37)41)43-25-11-14-31(44)26-42-39(45)46-27-36-34-17-7-5-15-32(34)33-16-6-8-18-35(33)36/h2-10,12-13,15-24,36,43H,11,14,25-27H2,1H3,(H,42,45). The van der Waals surface area contributed by atoms with Crippen LogP contribution in [-0.4, -0.2) is 31.6 Å². The molecule has 0 aromatic heterocycles. The number of aryl methyl sites for hydroxylation is 1. The number of amides is 1. The second-order valence-corrected chi connectivity index (χ2v) is 12.1. The molecular weight excluding hydrogens is 592 g/mol. The fourth-order valence-electron chi connectivity index (χ4n) is 6.50. The lowest BCUT2D eigenvalue weighted by Gasteiger charge is -2.38. The van der Waals surface area contributed by atoms with Crippen LogP contribution in [0.5, 0.6) is 0 Å². The first kappa shape index (κ1) is 31.3. The largest absolute Gasteiger partial charge is 0.449 e. The Balaban J connectivity index is 1.07. The fraction of sp³-hybridized carbons (Fsp3) is 0.200. The van der Waals surface area contributed by atoms with Crippen molar-refractivity contribution in [1.29, 1.82) is 0 Å². The van der Waals surface area contributed by atoms with Crippen molar-refractivity contribution in [3.05, 3.63) is 166 Å². The zero-order valence-corrected chi connectivity index (χ0v) is 26.6. The summed E-state index contributed by atoms with van der Waals surface area (Å²) in [7, 11) is 0. The third-order valence-electron chi connectivity index (χ3n) is 8.77. The first-order valence-corrected chi connectivity index (χ1v) is 16.1. The van der Waals surface area contributed by atoms with E-state index in [0.29, 0.717) is 24.4 Å². The summed E-state index contributed by atoms with van der Waals surface area (Å²) in [6.07, 6.45) is 0.295. The number of ketones is 1. The number of Topliss-reactive ketones (excluding diaryl/α,β-unsaturated/α-hetero) is 1. The highest BCUT2D eigenvalue weighted by molar-refractivity contribution is 6.31. The van der Waals surface area contributed by atoms with E-state index in [1.54, 1.807) is 0 Å². The van der Waals surface area contributed by atoms with Gasteiger partial charge in [-0.15, -0.1) is 0 Å². The van der Waals surface area contributed by atoms with Gasteiger partial charge >= 0.3 is 6.09 Å². The van der Waals surface area contributed by atoms with E-state index in [0.717, 1.165) is 27.8 Å². The lowest BCUT2D eigenvalue weighted by atomic mass is 9.76. The summed E-state index contributed by atoms with van der Waals surface area (Å²) in [5.74, 6) is -0.0925. The molecule has 1 aliphatic carbocycles. The zero-order valence-electron chi connectivity index (χ0n) is 25.8. The van der Waals surface area contributed by atoms with E-state index in [4.69, 9.17) is 16.3 Å². The fourth-order valence-corrected chi connectivity index (χ4v) is 6.78. The smallest absolute Gasteiger partial charge is 0.407 e. The predicted molar refractivity (Wildman–Crippen MR) is 184 cm³/mol. The minimum Gasteiger partial charge on any atom is -0.449 e. The third kappa shape index (κ3) is 6.48. The molecule has 0 radical (unpaired) electrons. The Hall–Kier alpha value is -4.71. The molecule has 0 bridgehead atoms. The van der Waals surface area contributed by atoms with Gasteiger partial charge in [0.25, 0.3) is 0 Å². The van der Waals surface area contributed by atoms with Gasteiger partial charge in [-0.3, -0.25) is 10.1 Å². The number of carbonyl (C=O) groups is 2. The average molecular weight is 629 g/mol. The van der Waals surface area contributed by atoms with E-state index >= 15 is 0 Å². The molecule has 6 rings (SSSR count). The quantitative estimate of drug-likeness (QED) is 0.108. The van der Waals surface area contributed by atoms with E-state index < -0.39 is 11.6 Å². The summed E-state index contributed by atoms with van der Waals surface area (Å²) < 4.78 is 5.60. The second kappa shape index (κ2) is 14.2. The topological polar surface area (TPSA) is 67.4 Å². The normalized spacial score (nSPS) is 13.3. The predicted octanol–water partition coefficient (Wildman–Crippen LogP) is 8.42. The molecule has 1 unspecified atom stereocenters. The molecule has 2 N–H and O–H groups in total. The van der Waals surface area contributed by atoms with Crippen LogP contribution in [0.4, 0.5) is 4.79 Å². The summed E-state index contributed by atoms with van der Waals surface area (Å²) >= 11 is 6.84. The molecule has 5 aromatic rings. The van der Waals surface area contributed by atoms with Gasteiger partial charge in [0, 0.05) is 17.4 Å². The highest BCUT2D eigenvalue weighted by Crippen LogP contribution is 2.44. The van der Waals surface area contributed by atoms with Gasteiger partial charge in [0.15, 0.2) is 5.78 Å². The van der Waals surface area contributed by atoms with Gasteiger partial charge in [-0.25, -0.2) is 4.79 Å². The molecule has 1 aliphatic rings. The lowest BCUT2D eigenvalue weighted by molar-refractivity contribution is -0.118. The van der Waals surface area contributed by atoms with Crippen LogP contribution in [0, 0.1) is 6.92 Å². The molecule has 0 saturated carbocycles. The molecule has 46 heavy (non-hydrogen) atoms. The number of carbonyl (C=O) groups excluding carboxylic acids is 2. The summed E-state index contributed by atoms with van der Waals surface area (Å²) in [5.41, 5.74) is 8.12. The van der Waals surface area contributed by atoms with Crippen molar-refractivity contribution in [3.8, 4) is 11.1 Å². The van der Waals surface area contributed by atoms with Gasteiger partial charge < -0.3 is 10.1 Å². The Morgan fingerprint density at radius 2 is 1.33 bits per heavy atom. The van der Waals surface area contributed by atoms with Gasteiger partial charge in [-0.2, -0.15) is 0 Å². The van der Waals surface area contributed by atoms with Crippen LogP contribution >= 0.6 is 11.6 Å². The van der Waals surface area contributed by atoms with Gasteiger partial charge in [-0.1, -0.05) is 138 Å². The number of ether oxygens (including phenoxy) is 1. The number of alkyl carbamates (subject to hydrolysis) is 1. The number of nitrogens with one attached hydrogen (secondary N) is 2. The number of halogens is 1. The molecule has 1 amide bonds. The molecule has 1 atom stereocenters. The van der Waals surface area contributed by atoms with Crippen molar-refractivity contribution in [1.82, 2.24) is 10.6 Å². The maximum absolute atomic E-state index is 12.8. The Kier molecular flexibility index (Phi) is 9.62. The van der Waals surface area contributed by atoms with Crippen molar-refractivity contribution >= 4 is 23.5 Å². The van der Waals surface area contributed by atoms with E-state index in [1.165, 1.54) is 16.7 Å². The molecular formula is C40H37ClN2O3. The highest BCUT2D eigenvalue weighted by atomic mass is 35.5. The maximum Gasteiger partial charge on any atom is 0.407 e. The average Bonchev–Trinajstić information content (AvgIpc) is 3.41. The van der Waals surface area contributed by atoms with Crippen LogP contribution in [0.25, 0.3) is 11.1 Å². The maximum atomic E-state index is 12.8. The van der Waals surface area contributed by atoms with Crippen molar-refractivity contribution in [2.24, 2.45) is 0 Å². The Labute approximate surface area is 275 Å². The van der Waals surface area contributed by atoms with Gasteiger partial charge in [0.05, 0.1) is 12.1 Å². The molecule has 0 fully saturated rings. The number of rotatable bonds is 12. The van der Waals surface area contributed by atoms with E-state index in [-0.39, 0.29) is 24.9 Å². The Morgan fingerprint density at radius 3 is 2.00 bits per heavy atom. The first-order valence-electron chi connectivity index (χ1n) is 15.7. The lowest BCUT2D eigenvalue weighted by Crippen LogP contribution is -2.45. The van der Waals surface area contributed by atoms with Crippen molar-refractivity contribution in [3.63, 3.8) is 0 Å². The van der Waals surface area contributed by atoms with Gasteiger partial charge in [-0.05, 0) is 64.9 Å². The van der Waals surface area contributed by atoms with Crippen LogP contribution < -0.4 is 10.6 Å². The number of hydrogen-bond acceptors (Lipinski definition) is 4. The number of fused-ring (bicyclic) bond motifs is 3. The zero-order chi connectivity index (χ0) is 31.9. The van der Waals surface area contributed by atoms with E-state index in [9.17, 15) is 9.59 Å².